The molecule has 0 aliphatic carbocycles. The van der Waals surface area contributed by atoms with Crippen molar-refractivity contribution in [2.24, 2.45) is 5.92 Å². The average Bonchev–Trinajstić information content (AvgIpc) is 2.65. The zero-order valence-electron chi connectivity index (χ0n) is 11.1. The van der Waals surface area contributed by atoms with Crippen LogP contribution in [-0.2, 0) is 9.05 Å². The first kappa shape index (κ1) is 15.8. The average molecular weight is 381 g/mol. The Balaban J connectivity index is 2.38. The van der Waals surface area contributed by atoms with Crippen molar-refractivity contribution < 1.29 is 13.2 Å². The smallest absolute Gasteiger partial charge is 0.261 e. The van der Waals surface area contributed by atoms with Gasteiger partial charge in [0.05, 0.1) is 4.90 Å². The van der Waals surface area contributed by atoms with E-state index in [1.54, 1.807) is 11.0 Å². The molecule has 4 nitrogen and oxygen atoms in total. The number of likely N-dealkylation sites (tertiary alicyclic amines) is 1. The molecule has 0 bridgehead atoms. The van der Waals surface area contributed by atoms with E-state index in [0.717, 1.165) is 6.42 Å². The fraction of sp³-hybridized carbons (Fsp3) is 0.462. The van der Waals surface area contributed by atoms with Gasteiger partial charge in [-0.3, -0.25) is 4.79 Å². The molecule has 1 aromatic carbocycles. The number of nitrogens with zero attached hydrogens (tertiary/aromatic N) is 1. The lowest BCUT2D eigenvalue weighted by atomic mass is 10.1. The van der Waals surface area contributed by atoms with Gasteiger partial charge in [-0.05, 0) is 37.5 Å². The second kappa shape index (κ2) is 5.66. The molecule has 2 rings (SSSR count). The van der Waals surface area contributed by atoms with Gasteiger partial charge in [0, 0.05) is 33.3 Å². The molecule has 0 saturated carbocycles. The SMILES string of the molecule is CC1CC(C)N(C(=O)c2cc(Br)cc(S(=O)(=O)Cl)c2)C1. The number of halogens is 2. The van der Waals surface area contributed by atoms with Gasteiger partial charge in [0.15, 0.2) is 0 Å². The Bertz CT molecular complexity index is 647. The van der Waals surface area contributed by atoms with Crippen LogP contribution < -0.4 is 0 Å². The van der Waals surface area contributed by atoms with Crippen molar-refractivity contribution >= 4 is 41.6 Å². The summed E-state index contributed by atoms with van der Waals surface area (Å²) in [4.78, 5) is 14.2. The summed E-state index contributed by atoms with van der Waals surface area (Å²) in [6, 6.07) is 4.48. The Morgan fingerprint density at radius 2 is 2.00 bits per heavy atom. The number of benzene rings is 1. The van der Waals surface area contributed by atoms with E-state index in [0.29, 0.717) is 22.5 Å². The summed E-state index contributed by atoms with van der Waals surface area (Å²) >= 11 is 3.22. The zero-order valence-corrected chi connectivity index (χ0v) is 14.3. The topological polar surface area (TPSA) is 54.5 Å². The Morgan fingerprint density at radius 3 is 2.50 bits per heavy atom. The molecule has 1 amide bonds. The third-order valence-corrected chi connectivity index (χ3v) is 5.24. The number of hydrogen-bond acceptors (Lipinski definition) is 3. The predicted octanol–water partition coefficient (Wildman–Crippen LogP) is 3.25. The first-order valence-corrected chi connectivity index (χ1v) is 9.35. The number of rotatable bonds is 2. The van der Waals surface area contributed by atoms with E-state index in [2.05, 4.69) is 22.9 Å². The van der Waals surface area contributed by atoms with Crippen LogP contribution in [-0.4, -0.2) is 31.8 Å². The van der Waals surface area contributed by atoms with Crippen molar-refractivity contribution in [3.63, 3.8) is 0 Å². The lowest BCUT2D eigenvalue weighted by molar-refractivity contribution is 0.0743. The minimum absolute atomic E-state index is 0.0724. The summed E-state index contributed by atoms with van der Waals surface area (Å²) in [5.74, 6) is 0.294. The minimum Gasteiger partial charge on any atom is -0.336 e. The third-order valence-electron chi connectivity index (χ3n) is 3.44. The van der Waals surface area contributed by atoms with E-state index in [-0.39, 0.29) is 16.8 Å². The van der Waals surface area contributed by atoms with Gasteiger partial charge in [-0.1, -0.05) is 22.9 Å². The van der Waals surface area contributed by atoms with E-state index in [1.807, 2.05) is 6.92 Å². The summed E-state index contributed by atoms with van der Waals surface area (Å²) in [6.07, 6.45) is 0.959. The van der Waals surface area contributed by atoms with Gasteiger partial charge in [-0.25, -0.2) is 8.42 Å². The number of carbonyl (C=O) groups excluding carboxylic acids is 1. The largest absolute Gasteiger partial charge is 0.336 e. The Hall–Kier alpha value is -0.590. The van der Waals surface area contributed by atoms with Crippen molar-refractivity contribution in [1.82, 2.24) is 4.90 Å². The second-order valence-electron chi connectivity index (χ2n) is 5.26. The monoisotopic (exact) mass is 379 g/mol. The molecule has 0 N–H and O–H groups in total. The minimum atomic E-state index is -3.86. The van der Waals surface area contributed by atoms with Crippen molar-refractivity contribution in [2.45, 2.75) is 31.2 Å². The molecule has 2 atom stereocenters. The van der Waals surface area contributed by atoms with Crippen molar-refractivity contribution in [3.8, 4) is 0 Å². The zero-order chi connectivity index (χ0) is 15.1. The molecule has 1 heterocycles. The van der Waals surface area contributed by atoms with Crippen molar-refractivity contribution in [2.75, 3.05) is 6.54 Å². The molecular weight excluding hydrogens is 366 g/mol. The number of amides is 1. The maximum absolute atomic E-state index is 12.5. The van der Waals surface area contributed by atoms with Gasteiger partial charge in [-0.15, -0.1) is 0 Å². The van der Waals surface area contributed by atoms with Gasteiger partial charge in [0.1, 0.15) is 0 Å². The molecule has 7 heteroatoms. The van der Waals surface area contributed by atoms with Crippen LogP contribution in [0.5, 0.6) is 0 Å². The third kappa shape index (κ3) is 3.35. The Kier molecular flexibility index (Phi) is 4.47. The Morgan fingerprint density at radius 1 is 1.35 bits per heavy atom. The molecule has 0 aromatic heterocycles. The van der Waals surface area contributed by atoms with Crippen molar-refractivity contribution in [1.29, 1.82) is 0 Å². The lowest BCUT2D eigenvalue weighted by Gasteiger charge is -2.21. The molecule has 20 heavy (non-hydrogen) atoms. The summed E-state index contributed by atoms with van der Waals surface area (Å²) in [6.45, 7) is 4.79. The van der Waals surface area contributed by atoms with Crippen LogP contribution in [0.3, 0.4) is 0 Å². The molecule has 1 aliphatic rings. The van der Waals surface area contributed by atoms with Crippen LogP contribution >= 0.6 is 26.6 Å². The van der Waals surface area contributed by atoms with Crippen LogP contribution in [0.2, 0.25) is 0 Å². The highest BCUT2D eigenvalue weighted by Gasteiger charge is 2.31. The van der Waals surface area contributed by atoms with Gasteiger partial charge in [-0.2, -0.15) is 0 Å². The fourth-order valence-electron chi connectivity index (χ4n) is 2.58. The van der Waals surface area contributed by atoms with E-state index >= 15 is 0 Å². The van der Waals surface area contributed by atoms with Gasteiger partial charge < -0.3 is 4.90 Å². The predicted molar refractivity (Wildman–Crippen MR) is 81.5 cm³/mol. The van der Waals surface area contributed by atoms with E-state index in [4.69, 9.17) is 10.7 Å². The van der Waals surface area contributed by atoms with Crippen molar-refractivity contribution in [3.05, 3.63) is 28.2 Å². The molecule has 0 radical (unpaired) electrons. The number of hydrogen-bond donors (Lipinski definition) is 0. The van der Waals surface area contributed by atoms with Gasteiger partial charge in [0.25, 0.3) is 15.0 Å². The lowest BCUT2D eigenvalue weighted by Crippen LogP contribution is -2.34. The first-order valence-electron chi connectivity index (χ1n) is 6.24. The maximum atomic E-state index is 12.5. The fourth-order valence-corrected chi connectivity index (χ4v) is 4.02. The summed E-state index contributed by atoms with van der Waals surface area (Å²) < 4.78 is 23.4. The molecule has 1 aromatic rings. The van der Waals surface area contributed by atoms with E-state index < -0.39 is 9.05 Å². The molecule has 2 unspecified atom stereocenters. The van der Waals surface area contributed by atoms with Crippen LogP contribution in [0.15, 0.2) is 27.6 Å². The molecule has 0 spiro atoms. The highest BCUT2D eigenvalue weighted by Crippen LogP contribution is 2.27. The summed E-state index contributed by atoms with van der Waals surface area (Å²) in [5, 5.41) is 0. The molecule has 1 fully saturated rings. The van der Waals surface area contributed by atoms with E-state index in [1.165, 1.54) is 12.1 Å². The van der Waals surface area contributed by atoms with Gasteiger partial charge >= 0.3 is 0 Å². The van der Waals surface area contributed by atoms with Crippen LogP contribution in [0.25, 0.3) is 0 Å². The molecule has 110 valence electrons. The summed E-state index contributed by atoms with van der Waals surface area (Å²) in [5.41, 5.74) is 0.333. The standard InChI is InChI=1S/C13H15BrClNO3S/c1-8-3-9(2)16(7-8)13(17)10-4-11(14)6-12(5-10)20(15,18)19/h4-6,8-9H,3,7H2,1-2H3. The van der Waals surface area contributed by atoms with Crippen LogP contribution in [0.4, 0.5) is 0 Å². The van der Waals surface area contributed by atoms with E-state index in [9.17, 15) is 13.2 Å². The molecular formula is C13H15BrClNO3S. The van der Waals surface area contributed by atoms with Gasteiger partial charge in [0.2, 0.25) is 0 Å². The first-order chi connectivity index (χ1) is 9.18. The number of carbonyl (C=O) groups is 1. The summed E-state index contributed by atoms with van der Waals surface area (Å²) in [7, 11) is 1.49. The quantitative estimate of drug-likeness (QED) is 0.740. The Labute approximate surface area is 131 Å². The highest BCUT2D eigenvalue weighted by atomic mass is 79.9. The second-order valence-corrected chi connectivity index (χ2v) is 8.74. The van der Waals surface area contributed by atoms with Crippen LogP contribution in [0.1, 0.15) is 30.6 Å². The van der Waals surface area contributed by atoms with Crippen LogP contribution in [0, 0.1) is 5.92 Å². The maximum Gasteiger partial charge on any atom is 0.261 e. The molecule has 1 saturated heterocycles. The normalized spacial score (nSPS) is 23.1. The molecule has 1 aliphatic heterocycles. The highest BCUT2D eigenvalue weighted by molar-refractivity contribution is 9.10.